The monoisotopic (exact) mass is 254 g/mol. The minimum Gasteiger partial charge on any atom is -0.340 e. The molecule has 94 valence electrons. The second-order valence-electron chi connectivity index (χ2n) is 4.73. The minimum absolute atomic E-state index is 0. The molecule has 0 aromatic carbocycles. The Balaban J connectivity index is -0.000000180. The van der Waals surface area contributed by atoms with Gasteiger partial charge in [0.25, 0.3) is 0 Å². The van der Waals surface area contributed by atoms with Crippen molar-refractivity contribution < 1.29 is 17.1 Å². The average molecular weight is 254 g/mol. The molecule has 4 unspecified atom stereocenters. The van der Waals surface area contributed by atoms with Gasteiger partial charge in [0.2, 0.25) is 0 Å². The molecule has 0 rings (SSSR count). The third kappa shape index (κ3) is 14.5. The Labute approximate surface area is 109 Å². The van der Waals surface area contributed by atoms with E-state index in [2.05, 4.69) is 55.4 Å². The first-order valence-corrected chi connectivity index (χ1v) is 6.02. The number of rotatable bonds is 4. The van der Waals surface area contributed by atoms with Gasteiger partial charge in [-0.25, -0.2) is 0 Å². The molecule has 0 heterocycles. The van der Waals surface area contributed by atoms with Gasteiger partial charge in [-0.15, -0.1) is 0 Å². The molecule has 0 nitrogen and oxygen atoms in total. The molecule has 0 aliphatic rings. The van der Waals surface area contributed by atoms with Gasteiger partial charge in [0, 0.05) is 0 Å². The molecule has 0 aliphatic carbocycles. The molecular weight excluding hydrogens is 224 g/mol. The van der Waals surface area contributed by atoms with Gasteiger partial charge in [0.15, 0.2) is 0 Å². The van der Waals surface area contributed by atoms with Gasteiger partial charge in [-0.05, 0) is 0 Å². The van der Waals surface area contributed by atoms with Crippen molar-refractivity contribution in [2.45, 2.75) is 54.4 Å². The molecule has 0 radical (unpaired) electrons. The summed E-state index contributed by atoms with van der Waals surface area (Å²) in [5.74, 6) is 2.81. The zero-order valence-corrected chi connectivity index (χ0v) is 12.6. The Bertz CT molecular complexity index is 93.9. The van der Waals surface area contributed by atoms with Gasteiger partial charge in [-0.1, -0.05) is 66.2 Å². The van der Waals surface area contributed by atoms with Crippen molar-refractivity contribution in [1.82, 2.24) is 0 Å². The van der Waals surface area contributed by atoms with Crippen LogP contribution >= 0.6 is 0 Å². The molecule has 0 bridgehead atoms. The van der Waals surface area contributed by atoms with Crippen LogP contribution in [0.4, 0.5) is 0 Å². The van der Waals surface area contributed by atoms with E-state index in [0.717, 1.165) is 11.8 Å². The van der Waals surface area contributed by atoms with Crippen LogP contribution in [-0.2, 0) is 17.1 Å². The van der Waals surface area contributed by atoms with Crippen molar-refractivity contribution in [3.8, 4) is 0 Å². The largest absolute Gasteiger partial charge is 2.00 e. The van der Waals surface area contributed by atoms with Crippen LogP contribution in [0, 0.1) is 37.5 Å². The van der Waals surface area contributed by atoms with E-state index < -0.39 is 0 Å². The normalized spacial score (nSPS) is 17.6. The van der Waals surface area contributed by atoms with Crippen LogP contribution in [0.5, 0.6) is 0 Å². The molecule has 0 spiro atoms. The van der Waals surface area contributed by atoms with Crippen molar-refractivity contribution in [2.75, 3.05) is 0 Å². The summed E-state index contributed by atoms with van der Waals surface area (Å²) in [6.45, 7) is 21.0. The van der Waals surface area contributed by atoms with E-state index in [-0.39, 0.29) is 17.1 Å². The van der Waals surface area contributed by atoms with Crippen LogP contribution in [0.25, 0.3) is 0 Å². The molecule has 0 aliphatic heterocycles. The first-order chi connectivity index (χ1) is 6.36. The van der Waals surface area contributed by atoms with Gasteiger partial charge >= 0.3 is 17.1 Å². The van der Waals surface area contributed by atoms with Gasteiger partial charge in [-0.3, -0.25) is 0 Å². The summed E-state index contributed by atoms with van der Waals surface area (Å²) >= 11 is 0. The van der Waals surface area contributed by atoms with Gasteiger partial charge in [0.1, 0.15) is 0 Å². The van der Waals surface area contributed by atoms with E-state index in [1.807, 2.05) is 0 Å². The maximum absolute atomic E-state index is 3.91. The van der Waals surface area contributed by atoms with E-state index in [0.29, 0.717) is 11.8 Å². The van der Waals surface area contributed by atoms with Gasteiger partial charge < -0.3 is 13.8 Å². The second-order valence-corrected chi connectivity index (χ2v) is 4.73. The van der Waals surface area contributed by atoms with Crippen LogP contribution < -0.4 is 0 Å². The fourth-order valence-corrected chi connectivity index (χ4v) is 0.805. The molecule has 4 atom stereocenters. The zero-order valence-electron chi connectivity index (χ0n) is 11.5. The summed E-state index contributed by atoms with van der Waals surface area (Å²) in [7, 11) is 0. The summed E-state index contributed by atoms with van der Waals surface area (Å²) in [6.07, 6.45) is 2.51. The molecule has 0 aromatic heterocycles. The summed E-state index contributed by atoms with van der Waals surface area (Å²) in [5.41, 5.74) is 0. The second kappa shape index (κ2) is 12.6. The number of hydrogen-bond donors (Lipinski definition) is 0. The quantitative estimate of drug-likeness (QED) is 0.489. The van der Waals surface area contributed by atoms with E-state index >= 15 is 0 Å². The van der Waals surface area contributed by atoms with Crippen LogP contribution in [0.1, 0.15) is 54.4 Å². The van der Waals surface area contributed by atoms with E-state index in [1.54, 1.807) is 0 Å². The maximum atomic E-state index is 3.91. The van der Waals surface area contributed by atoms with Crippen LogP contribution in [0.3, 0.4) is 0 Å². The molecule has 15 heavy (non-hydrogen) atoms. The van der Waals surface area contributed by atoms with E-state index in [1.165, 1.54) is 12.8 Å². The van der Waals surface area contributed by atoms with Crippen LogP contribution in [-0.4, -0.2) is 0 Å². The summed E-state index contributed by atoms with van der Waals surface area (Å²) in [4.78, 5) is 0. The maximum Gasteiger partial charge on any atom is 2.00 e. The van der Waals surface area contributed by atoms with Crippen molar-refractivity contribution >= 4 is 0 Å². The Kier molecular flexibility index (Phi) is 17.5. The zero-order chi connectivity index (χ0) is 11.7. The Morgan fingerprint density at radius 2 is 0.933 bits per heavy atom. The smallest absolute Gasteiger partial charge is 0.340 e. The van der Waals surface area contributed by atoms with Crippen molar-refractivity contribution in [2.24, 2.45) is 23.7 Å². The fourth-order valence-electron chi connectivity index (χ4n) is 0.805. The van der Waals surface area contributed by atoms with Gasteiger partial charge in [0.05, 0.1) is 0 Å². The van der Waals surface area contributed by atoms with Crippen LogP contribution in [0.2, 0.25) is 0 Å². The molecular formula is C14H30Fe. The molecule has 0 N–H and O–H groups in total. The van der Waals surface area contributed by atoms with Gasteiger partial charge in [-0.2, -0.15) is 11.8 Å². The predicted molar refractivity (Wildman–Crippen MR) is 68.0 cm³/mol. The molecule has 1 heteroatoms. The Hall–Kier alpha value is 0.519. The van der Waals surface area contributed by atoms with E-state index in [4.69, 9.17) is 0 Å². The number of hydrogen-bond acceptors (Lipinski definition) is 0. The fraction of sp³-hybridized carbons (Fsp3) is 0.857. The standard InChI is InChI=1S/2C7H15.Fe/c2*1-5-7(4)6(2)3;/h2*6-7H,2,5H2,1,3-4H3;/q2*-1;+2. The third-order valence-electron chi connectivity index (χ3n) is 3.23. The topological polar surface area (TPSA) is 0 Å². The van der Waals surface area contributed by atoms with E-state index in [9.17, 15) is 0 Å². The Morgan fingerprint density at radius 1 is 0.733 bits per heavy atom. The first-order valence-electron chi connectivity index (χ1n) is 6.02. The van der Waals surface area contributed by atoms with Crippen molar-refractivity contribution in [3.63, 3.8) is 0 Å². The average Bonchev–Trinajstić information content (AvgIpc) is 2.15. The summed E-state index contributed by atoms with van der Waals surface area (Å²) in [6, 6.07) is 0. The van der Waals surface area contributed by atoms with Crippen LogP contribution in [0.15, 0.2) is 0 Å². The summed E-state index contributed by atoms with van der Waals surface area (Å²) < 4.78 is 0. The predicted octanol–water partition coefficient (Wildman–Crippen LogP) is 5.00. The molecule has 0 aromatic rings. The first kappa shape index (κ1) is 20.9. The molecule has 0 fully saturated rings. The molecule has 0 saturated heterocycles. The third-order valence-corrected chi connectivity index (χ3v) is 3.23. The summed E-state index contributed by atoms with van der Waals surface area (Å²) in [5, 5.41) is 0. The molecule has 0 saturated carbocycles. The molecule has 0 amide bonds. The SMILES string of the molecule is [CH2-]C(C)C(C)CC.[CH2-]C(C)C(C)CC.[Fe+2]. The van der Waals surface area contributed by atoms with Crippen molar-refractivity contribution in [1.29, 1.82) is 0 Å². The Morgan fingerprint density at radius 3 is 0.933 bits per heavy atom. The minimum atomic E-state index is 0. The van der Waals surface area contributed by atoms with Crippen molar-refractivity contribution in [3.05, 3.63) is 13.8 Å².